The molecule has 0 aromatic carbocycles. The number of rotatable bonds is 3. The molecule has 0 spiro atoms. The van der Waals surface area contributed by atoms with Crippen LogP contribution >= 0.6 is 0 Å². The van der Waals surface area contributed by atoms with Crippen molar-refractivity contribution in [2.45, 2.75) is 44.8 Å². The van der Waals surface area contributed by atoms with Gasteiger partial charge in [-0.3, -0.25) is 4.98 Å². The largest absolute Gasteiger partial charge is 0.387 e. The molecule has 3 unspecified atom stereocenters. The molecule has 4 heteroatoms. The zero-order valence-corrected chi connectivity index (χ0v) is 13.2. The molecule has 0 amide bonds. The maximum atomic E-state index is 9.83. The summed E-state index contributed by atoms with van der Waals surface area (Å²) in [7, 11) is 2.27. The Labute approximate surface area is 127 Å². The van der Waals surface area contributed by atoms with Crippen LogP contribution in [-0.2, 0) is 0 Å². The Morgan fingerprint density at radius 3 is 2.90 bits per heavy atom. The van der Waals surface area contributed by atoms with Gasteiger partial charge < -0.3 is 14.9 Å². The van der Waals surface area contributed by atoms with Gasteiger partial charge in [-0.15, -0.1) is 0 Å². The van der Waals surface area contributed by atoms with E-state index in [-0.39, 0.29) is 0 Å². The number of hydrogen-bond donors (Lipinski definition) is 1. The molecular formula is C17H27N3O. The topological polar surface area (TPSA) is 39.6 Å². The molecule has 1 aromatic rings. The number of anilines is 1. The Balaban J connectivity index is 1.68. The van der Waals surface area contributed by atoms with Gasteiger partial charge in [0.1, 0.15) is 0 Å². The molecule has 0 bridgehead atoms. The number of hydrogen-bond acceptors (Lipinski definition) is 4. The van der Waals surface area contributed by atoms with Gasteiger partial charge in [0.15, 0.2) is 0 Å². The number of aliphatic hydroxyl groups is 1. The van der Waals surface area contributed by atoms with E-state index in [1.807, 2.05) is 19.2 Å². The van der Waals surface area contributed by atoms with Crippen molar-refractivity contribution >= 4 is 5.69 Å². The standard InChI is InChI=1S/C17H27N3O/c1-3-17(21)15-7-6-14(11-18-15)20-10-8-16-13(12-20)5-4-9-19(16)2/h6-7,11,13,16-17,21H,3-5,8-10,12H2,1-2H3. The van der Waals surface area contributed by atoms with Crippen molar-refractivity contribution in [2.75, 3.05) is 31.6 Å². The number of aromatic nitrogens is 1. The van der Waals surface area contributed by atoms with Gasteiger partial charge in [0.2, 0.25) is 0 Å². The van der Waals surface area contributed by atoms with Crippen molar-refractivity contribution in [1.82, 2.24) is 9.88 Å². The molecule has 1 N–H and O–H groups in total. The van der Waals surface area contributed by atoms with Crippen LogP contribution in [-0.4, -0.2) is 47.7 Å². The summed E-state index contributed by atoms with van der Waals surface area (Å²) in [6.45, 7) is 5.49. The fourth-order valence-electron chi connectivity index (χ4n) is 3.88. The van der Waals surface area contributed by atoms with Gasteiger partial charge in [0.05, 0.1) is 23.7 Å². The lowest BCUT2D eigenvalue weighted by Gasteiger charge is -2.46. The van der Waals surface area contributed by atoms with E-state index in [9.17, 15) is 5.11 Å². The molecule has 0 saturated carbocycles. The molecule has 2 fully saturated rings. The number of aliphatic hydroxyl groups excluding tert-OH is 1. The van der Waals surface area contributed by atoms with E-state index in [4.69, 9.17) is 0 Å². The zero-order chi connectivity index (χ0) is 14.8. The number of pyridine rings is 1. The quantitative estimate of drug-likeness (QED) is 0.928. The van der Waals surface area contributed by atoms with Crippen LogP contribution in [0.2, 0.25) is 0 Å². The lowest BCUT2D eigenvalue weighted by atomic mass is 9.84. The van der Waals surface area contributed by atoms with E-state index >= 15 is 0 Å². The van der Waals surface area contributed by atoms with Gasteiger partial charge in [-0.2, -0.15) is 0 Å². The minimum Gasteiger partial charge on any atom is -0.387 e. The average molecular weight is 289 g/mol. The lowest BCUT2D eigenvalue weighted by Crippen LogP contribution is -2.52. The van der Waals surface area contributed by atoms with Gasteiger partial charge >= 0.3 is 0 Å². The number of nitrogens with zero attached hydrogens (tertiary/aromatic N) is 3. The molecule has 116 valence electrons. The predicted molar refractivity (Wildman–Crippen MR) is 85.5 cm³/mol. The van der Waals surface area contributed by atoms with Crippen LogP contribution in [0.25, 0.3) is 0 Å². The fourth-order valence-corrected chi connectivity index (χ4v) is 3.88. The Kier molecular flexibility index (Phi) is 4.45. The van der Waals surface area contributed by atoms with Crippen LogP contribution < -0.4 is 4.90 Å². The van der Waals surface area contributed by atoms with Crippen molar-refractivity contribution in [2.24, 2.45) is 5.92 Å². The van der Waals surface area contributed by atoms with Gasteiger partial charge in [-0.05, 0) is 57.3 Å². The molecule has 3 atom stereocenters. The third-order valence-electron chi connectivity index (χ3n) is 5.21. The minimum absolute atomic E-state index is 0.434. The van der Waals surface area contributed by atoms with Crippen molar-refractivity contribution in [3.63, 3.8) is 0 Å². The summed E-state index contributed by atoms with van der Waals surface area (Å²) in [5.41, 5.74) is 1.99. The van der Waals surface area contributed by atoms with Crippen LogP contribution in [0.15, 0.2) is 18.3 Å². The molecule has 2 aliphatic heterocycles. The van der Waals surface area contributed by atoms with Crippen LogP contribution in [0.1, 0.15) is 44.4 Å². The summed E-state index contributed by atoms with van der Waals surface area (Å²) < 4.78 is 0. The molecule has 4 nitrogen and oxygen atoms in total. The zero-order valence-electron chi connectivity index (χ0n) is 13.2. The second-order valence-corrected chi connectivity index (χ2v) is 6.55. The van der Waals surface area contributed by atoms with Crippen LogP contribution in [0.5, 0.6) is 0 Å². The number of likely N-dealkylation sites (tertiary alicyclic amines) is 1. The molecule has 2 saturated heterocycles. The minimum atomic E-state index is -0.434. The van der Waals surface area contributed by atoms with Crippen molar-refractivity contribution < 1.29 is 5.11 Å². The normalized spacial score (nSPS) is 28.2. The van der Waals surface area contributed by atoms with E-state index < -0.39 is 6.10 Å². The molecule has 1 aromatic heterocycles. The smallest absolute Gasteiger partial charge is 0.0957 e. The highest BCUT2D eigenvalue weighted by molar-refractivity contribution is 5.45. The summed E-state index contributed by atoms with van der Waals surface area (Å²) in [6, 6.07) is 4.86. The van der Waals surface area contributed by atoms with E-state index in [1.54, 1.807) is 0 Å². The molecule has 3 rings (SSSR count). The highest BCUT2D eigenvalue weighted by atomic mass is 16.3. The van der Waals surface area contributed by atoms with E-state index in [1.165, 1.54) is 31.5 Å². The van der Waals surface area contributed by atoms with Crippen LogP contribution in [0.3, 0.4) is 0 Å². The highest BCUT2D eigenvalue weighted by Gasteiger charge is 2.34. The summed E-state index contributed by atoms with van der Waals surface area (Å²) in [4.78, 5) is 9.46. The van der Waals surface area contributed by atoms with E-state index in [0.29, 0.717) is 6.42 Å². The molecule has 21 heavy (non-hydrogen) atoms. The molecule has 3 heterocycles. The molecule has 2 aliphatic rings. The average Bonchev–Trinajstić information content (AvgIpc) is 2.54. The summed E-state index contributed by atoms with van der Waals surface area (Å²) in [6.07, 6.45) is 6.14. The Morgan fingerprint density at radius 2 is 2.19 bits per heavy atom. The first-order valence-corrected chi connectivity index (χ1v) is 8.28. The van der Waals surface area contributed by atoms with E-state index in [2.05, 4.69) is 27.9 Å². The maximum Gasteiger partial charge on any atom is 0.0957 e. The molecule has 0 aliphatic carbocycles. The Hall–Kier alpha value is -1.13. The second kappa shape index (κ2) is 6.32. The van der Waals surface area contributed by atoms with Crippen LogP contribution in [0, 0.1) is 5.92 Å². The van der Waals surface area contributed by atoms with Crippen molar-refractivity contribution in [1.29, 1.82) is 0 Å². The SMILES string of the molecule is CCC(O)c1ccc(N2CCC3C(CCCN3C)C2)cn1. The Bertz CT molecular complexity index is 462. The third kappa shape index (κ3) is 3.06. The first-order valence-electron chi connectivity index (χ1n) is 8.28. The van der Waals surface area contributed by atoms with Crippen LogP contribution in [0.4, 0.5) is 5.69 Å². The monoisotopic (exact) mass is 289 g/mol. The van der Waals surface area contributed by atoms with E-state index in [0.717, 1.165) is 30.7 Å². The number of piperidine rings is 2. The fraction of sp³-hybridized carbons (Fsp3) is 0.706. The molecular weight excluding hydrogens is 262 g/mol. The van der Waals surface area contributed by atoms with Gasteiger partial charge in [-0.1, -0.05) is 6.92 Å². The Morgan fingerprint density at radius 1 is 1.33 bits per heavy atom. The van der Waals surface area contributed by atoms with Gasteiger partial charge in [-0.25, -0.2) is 0 Å². The number of fused-ring (bicyclic) bond motifs is 1. The summed E-state index contributed by atoms with van der Waals surface area (Å²) >= 11 is 0. The van der Waals surface area contributed by atoms with Crippen molar-refractivity contribution in [3.05, 3.63) is 24.0 Å². The second-order valence-electron chi connectivity index (χ2n) is 6.55. The summed E-state index contributed by atoms with van der Waals surface area (Å²) in [5, 5.41) is 9.83. The highest BCUT2D eigenvalue weighted by Crippen LogP contribution is 2.32. The molecule has 0 radical (unpaired) electrons. The predicted octanol–water partition coefficient (Wildman–Crippen LogP) is 2.45. The van der Waals surface area contributed by atoms with Gasteiger partial charge in [0, 0.05) is 19.1 Å². The lowest BCUT2D eigenvalue weighted by molar-refractivity contribution is 0.102. The first-order chi connectivity index (χ1) is 10.2. The van der Waals surface area contributed by atoms with Crippen molar-refractivity contribution in [3.8, 4) is 0 Å². The summed E-state index contributed by atoms with van der Waals surface area (Å²) in [5.74, 6) is 0.790. The maximum absolute atomic E-state index is 9.83. The first kappa shape index (κ1) is 14.8. The third-order valence-corrected chi connectivity index (χ3v) is 5.21. The van der Waals surface area contributed by atoms with Gasteiger partial charge in [0.25, 0.3) is 0 Å².